The Balaban J connectivity index is 1.73. The Bertz CT molecular complexity index is 1330. The Kier molecular flexibility index (Phi) is 6.99. The van der Waals surface area contributed by atoms with Crippen molar-refractivity contribution in [3.63, 3.8) is 0 Å². The topological polar surface area (TPSA) is 144 Å². The lowest BCUT2D eigenvalue weighted by Gasteiger charge is -2.58. The molecule has 0 aromatic rings. The van der Waals surface area contributed by atoms with Crippen LogP contribution in [-0.4, -0.2) is 73.1 Å². The molecule has 11 nitrogen and oxygen atoms in total. The molecule has 5 rings (SSSR count). The highest BCUT2D eigenvalue weighted by Crippen LogP contribution is 2.75. The highest BCUT2D eigenvalue weighted by Gasteiger charge is 2.84. The number of esters is 5. The molecule has 1 saturated heterocycles. The number of hydrogen-bond acceptors (Lipinski definition) is 11. The van der Waals surface area contributed by atoms with Crippen LogP contribution in [0.4, 0.5) is 0 Å². The van der Waals surface area contributed by atoms with Crippen molar-refractivity contribution in [1.29, 1.82) is 0 Å². The van der Waals surface area contributed by atoms with Gasteiger partial charge in [-0.3, -0.25) is 14.4 Å². The van der Waals surface area contributed by atoms with E-state index in [9.17, 15) is 24.0 Å². The molecule has 3 fully saturated rings. The van der Waals surface area contributed by atoms with Crippen molar-refractivity contribution in [1.82, 2.24) is 0 Å². The molecule has 1 unspecified atom stereocenters. The molecule has 228 valence electrons. The number of hydrogen-bond donors (Lipinski definition) is 0. The summed E-state index contributed by atoms with van der Waals surface area (Å²) in [4.78, 5) is 63.1. The van der Waals surface area contributed by atoms with Gasteiger partial charge in [-0.15, -0.1) is 0 Å². The Morgan fingerprint density at radius 3 is 2.29 bits per heavy atom. The fourth-order valence-electron chi connectivity index (χ4n) is 8.64. The van der Waals surface area contributed by atoms with Crippen molar-refractivity contribution in [2.75, 3.05) is 13.7 Å². The van der Waals surface area contributed by atoms with Crippen LogP contribution in [0.5, 0.6) is 0 Å². The maximum Gasteiger partial charge on any atom is 0.331 e. The fourth-order valence-corrected chi connectivity index (χ4v) is 8.64. The summed E-state index contributed by atoms with van der Waals surface area (Å²) in [7, 11) is 1.28. The zero-order valence-corrected chi connectivity index (χ0v) is 25.0. The molecule has 2 aliphatic carbocycles. The minimum absolute atomic E-state index is 0.0954. The lowest BCUT2D eigenvalue weighted by molar-refractivity contribution is -0.211. The summed E-state index contributed by atoms with van der Waals surface area (Å²) in [5.74, 6) is -4.57. The van der Waals surface area contributed by atoms with E-state index in [0.29, 0.717) is 12.0 Å². The summed E-state index contributed by atoms with van der Waals surface area (Å²) < 4.78 is 34.6. The van der Waals surface area contributed by atoms with Gasteiger partial charge >= 0.3 is 29.8 Å². The SMILES string of the molecule is C=C1C([C@@]2(C)C=CC(=O)OC(C)(C)[C@@H]2CC(=O)OC)[C@@H](OC(C)=O)[C@H](OC(C)=O)[C@@]2(C)[C@H](C3=CC(=O)OC3)C[C@H]3O[C@]132. The quantitative estimate of drug-likeness (QED) is 0.196. The van der Waals surface area contributed by atoms with Crippen LogP contribution in [0.3, 0.4) is 0 Å². The predicted molar refractivity (Wildman–Crippen MR) is 144 cm³/mol. The normalized spacial score (nSPS) is 41.4. The zero-order valence-electron chi connectivity index (χ0n) is 25.0. The van der Waals surface area contributed by atoms with Gasteiger partial charge < -0.3 is 28.4 Å². The first-order chi connectivity index (χ1) is 19.5. The summed E-state index contributed by atoms with van der Waals surface area (Å²) in [5, 5.41) is 0. The number of rotatable bonds is 6. The minimum Gasteiger partial charge on any atom is -0.469 e. The minimum atomic E-state index is -1.17. The number of epoxide rings is 1. The largest absolute Gasteiger partial charge is 0.469 e. The monoisotopic (exact) mass is 586 g/mol. The van der Waals surface area contributed by atoms with E-state index in [1.165, 1.54) is 33.1 Å². The average Bonchev–Trinajstić information content (AvgIpc) is 3.39. The molecular weight excluding hydrogens is 548 g/mol. The van der Waals surface area contributed by atoms with Crippen LogP contribution >= 0.6 is 0 Å². The van der Waals surface area contributed by atoms with Crippen LogP contribution in [0.1, 0.15) is 54.4 Å². The molecule has 0 bridgehead atoms. The maximum absolute atomic E-state index is 12.8. The van der Waals surface area contributed by atoms with Gasteiger partial charge in [0.2, 0.25) is 0 Å². The van der Waals surface area contributed by atoms with Gasteiger partial charge in [0, 0.05) is 43.3 Å². The molecule has 0 aromatic carbocycles. The highest BCUT2D eigenvalue weighted by molar-refractivity contribution is 5.85. The molecule has 3 heterocycles. The van der Waals surface area contributed by atoms with Crippen LogP contribution < -0.4 is 0 Å². The molecule has 3 aliphatic heterocycles. The van der Waals surface area contributed by atoms with Crippen LogP contribution in [0.15, 0.2) is 36.0 Å². The van der Waals surface area contributed by atoms with Gasteiger partial charge in [-0.05, 0) is 37.3 Å². The van der Waals surface area contributed by atoms with E-state index in [1.807, 2.05) is 13.8 Å². The van der Waals surface area contributed by atoms with E-state index >= 15 is 0 Å². The Labute approximate surface area is 244 Å². The molecular formula is C31H38O11. The third-order valence-corrected chi connectivity index (χ3v) is 10.3. The van der Waals surface area contributed by atoms with Crippen molar-refractivity contribution < 1.29 is 52.4 Å². The Morgan fingerprint density at radius 2 is 1.71 bits per heavy atom. The lowest BCUT2D eigenvalue weighted by Crippen LogP contribution is -2.66. The van der Waals surface area contributed by atoms with E-state index in [1.54, 1.807) is 19.9 Å². The third-order valence-electron chi connectivity index (χ3n) is 10.3. The summed E-state index contributed by atoms with van der Waals surface area (Å²) >= 11 is 0. The number of carbonyl (C=O) groups excluding carboxylic acids is 5. The van der Waals surface area contributed by atoms with Gasteiger partial charge in [-0.1, -0.05) is 26.5 Å². The standard InChI is InChI=1S/C31H38O11/c1-15-25(29(6)10-9-22(34)42-28(4,5)20(29)13-23(35)37-8)26(39-16(2)32)27(40-17(3)33)30(7)19(12-21-31(15,30)41-21)18-11-24(36)38-14-18/h9-11,19-21,25-27H,1,12-14H2,2-8H3/t19-,20-,21+,25?,26+,27-,29-,30+,31+/m0/s1. The molecule has 0 amide bonds. The smallest absolute Gasteiger partial charge is 0.331 e. The van der Waals surface area contributed by atoms with Gasteiger partial charge in [0.05, 0.1) is 25.0 Å². The van der Waals surface area contributed by atoms with Crippen molar-refractivity contribution in [3.05, 3.63) is 36.0 Å². The van der Waals surface area contributed by atoms with Gasteiger partial charge in [-0.2, -0.15) is 0 Å². The zero-order chi connectivity index (χ0) is 31.0. The van der Waals surface area contributed by atoms with Crippen molar-refractivity contribution in [2.24, 2.45) is 28.6 Å². The van der Waals surface area contributed by atoms with Gasteiger partial charge in [0.25, 0.3) is 0 Å². The summed E-state index contributed by atoms with van der Waals surface area (Å²) in [6, 6.07) is 0. The first-order valence-electron chi connectivity index (χ1n) is 14.1. The molecule has 2 saturated carbocycles. The van der Waals surface area contributed by atoms with Crippen LogP contribution in [0.25, 0.3) is 0 Å². The van der Waals surface area contributed by atoms with E-state index < -0.39 is 75.9 Å². The first-order valence-corrected chi connectivity index (χ1v) is 14.1. The molecule has 0 aromatic heterocycles. The van der Waals surface area contributed by atoms with Gasteiger partial charge in [0.1, 0.15) is 30.0 Å². The maximum atomic E-state index is 12.8. The van der Waals surface area contributed by atoms with E-state index in [0.717, 1.165) is 5.57 Å². The summed E-state index contributed by atoms with van der Waals surface area (Å²) in [5.41, 5.74) is -2.97. The summed E-state index contributed by atoms with van der Waals surface area (Å²) in [6.45, 7) is 14.4. The van der Waals surface area contributed by atoms with Crippen LogP contribution in [0, 0.1) is 28.6 Å². The van der Waals surface area contributed by atoms with Crippen molar-refractivity contribution >= 4 is 29.8 Å². The van der Waals surface area contributed by atoms with Gasteiger partial charge in [0.15, 0.2) is 0 Å². The molecule has 9 atom stereocenters. The Hall–Kier alpha value is -3.47. The van der Waals surface area contributed by atoms with E-state index in [4.69, 9.17) is 28.4 Å². The highest BCUT2D eigenvalue weighted by atomic mass is 16.6. The molecule has 1 spiro atoms. The second-order valence-corrected chi connectivity index (χ2v) is 12.9. The van der Waals surface area contributed by atoms with Crippen LogP contribution in [-0.2, 0) is 52.4 Å². The molecule has 0 N–H and O–H groups in total. The molecule has 0 radical (unpaired) electrons. The van der Waals surface area contributed by atoms with E-state index in [-0.39, 0.29) is 25.0 Å². The second-order valence-electron chi connectivity index (χ2n) is 12.9. The summed E-state index contributed by atoms with van der Waals surface area (Å²) in [6.07, 6.45) is 2.34. The molecule has 5 aliphatic rings. The number of ether oxygens (including phenoxy) is 6. The number of cyclic esters (lactones) is 2. The molecule has 11 heteroatoms. The fraction of sp³-hybridized carbons (Fsp3) is 0.645. The van der Waals surface area contributed by atoms with Crippen molar-refractivity contribution in [2.45, 2.75) is 83.9 Å². The number of carbonyl (C=O) groups is 5. The number of allylic oxidation sites excluding steroid dienone is 1. The third kappa shape index (κ3) is 4.22. The van der Waals surface area contributed by atoms with Gasteiger partial charge in [-0.25, -0.2) is 9.59 Å². The average molecular weight is 587 g/mol. The number of methoxy groups -OCH3 is 1. The van der Waals surface area contributed by atoms with Crippen molar-refractivity contribution in [3.8, 4) is 0 Å². The second kappa shape index (κ2) is 9.79. The van der Waals surface area contributed by atoms with Crippen LogP contribution in [0.2, 0.25) is 0 Å². The lowest BCUT2D eigenvalue weighted by atomic mass is 9.48. The Morgan fingerprint density at radius 1 is 1.05 bits per heavy atom. The predicted octanol–water partition coefficient (Wildman–Crippen LogP) is 2.76. The molecule has 42 heavy (non-hydrogen) atoms. The van der Waals surface area contributed by atoms with E-state index in [2.05, 4.69) is 6.58 Å². The first kappa shape index (κ1) is 30.0.